The normalized spacial score (nSPS) is 21.6. The summed E-state index contributed by atoms with van der Waals surface area (Å²) in [5.41, 5.74) is 0.785. The summed E-state index contributed by atoms with van der Waals surface area (Å²) >= 11 is 0. The van der Waals surface area contributed by atoms with Crippen molar-refractivity contribution in [1.29, 1.82) is 0 Å². The fourth-order valence-electron chi connectivity index (χ4n) is 3.17. The van der Waals surface area contributed by atoms with Crippen LogP contribution < -0.4 is 15.4 Å². The highest BCUT2D eigenvalue weighted by molar-refractivity contribution is 5.95. The maximum Gasteiger partial charge on any atom is 0.243 e. The molecule has 1 heterocycles. The van der Waals surface area contributed by atoms with Gasteiger partial charge in [0, 0.05) is 12.2 Å². The second kappa shape index (κ2) is 9.87. The summed E-state index contributed by atoms with van der Waals surface area (Å²) in [5, 5.41) is 6.05. The zero-order valence-corrected chi connectivity index (χ0v) is 14.8. The molecule has 1 amide bonds. The molecule has 1 aromatic rings. The highest BCUT2D eigenvalue weighted by atomic mass is 35.5. The molecule has 134 valence electrons. The summed E-state index contributed by atoms with van der Waals surface area (Å²) in [6.45, 7) is 2.60. The molecule has 6 heteroatoms. The predicted molar refractivity (Wildman–Crippen MR) is 97.0 cm³/mol. The van der Waals surface area contributed by atoms with Gasteiger partial charge in [-0.3, -0.25) is 4.79 Å². The van der Waals surface area contributed by atoms with Gasteiger partial charge in [0.25, 0.3) is 0 Å². The third kappa shape index (κ3) is 5.65. The average molecular weight is 355 g/mol. The molecule has 1 aliphatic carbocycles. The molecule has 1 aliphatic heterocycles. The molecule has 24 heavy (non-hydrogen) atoms. The van der Waals surface area contributed by atoms with Crippen LogP contribution in [0, 0.1) is 5.92 Å². The van der Waals surface area contributed by atoms with Gasteiger partial charge in [-0.1, -0.05) is 19.3 Å². The molecule has 0 aromatic heterocycles. The van der Waals surface area contributed by atoms with Crippen molar-refractivity contribution in [2.45, 2.75) is 38.1 Å². The molecule has 2 fully saturated rings. The molecule has 5 nitrogen and oxygen atoms in total. The van der Waals surface area contributed by atoms with E-state index in [9.17, 15) is 4.79 Å². The summed E-state index contributed by atoms with van der Waals surface area (Å²) in [6, 6.07) is 7.34. The van der Waals surface area contributed by atoms with E-state index in [0.29, 0.717) is 25.7 Å². The van der Waals surface area contributed by atoms with Crippen LogP contribution in [-0.4, -0.2) is 38.3 Å². The molecular weight excluding hydrogens is 328 g/mol. The summed E-state index contributed by atoms with van der Waals surface area (Å²) in [4.78, 5) is 12.1. The monoisotopic (exact) mass is 354 g/mol. The number of morpholine rings is 1. The number of anilines is 1. The SMILES string of the molecule is Cl.O=C(Nc1ccc(OCC2CCCCC2)cc1)C1COCCN1. The lowest BCUT2D eigenvalue weighted by atomic mass is 9.90. The van der Waals surface area contributed by atoms with Gasteiger partial charge in [-0.2, -0.15) is 0 Å². The van der Waals surface area contributed by atoms with Crippen LogP contribution in [0.15, 0.2) is 24.3 Å². The van der Waals surface area contributed by atoms with E-state index in [2.05, 4.69) is 10.6 Å². The number of amides is 1. The second-order valence-corrected chi connectivity index (χ2v) is 6.41. The van der Waals surface area contributed by atoms with Gasteiger partial charge in [-0.25, -0.2) is 0 Å². The van der Waals surface area contributed by atoms with Crippen molar-refractivity contribution in [1.82, 2.24) is 5.32 Å². The van der Waals surface area contributed by atoms with E-state index in [0.717, 1.165) is 18.0 Å². The molecule has 2 aliphatic rings. The summed E-state index contributed by atoms with van der Waals surface area (Å²) in [5.74, 6) is 1.51. The zero-order chi connectivity index (χ0) is 15.9. The Labute approximate surface area is 149 Å². The summed E-state index contributed by atoms with van der Waals surface area (Å²) < 4.78 is 11.2. The lowest BCUT2D eigenvalue weighted by molar-refractivity contribution is -0.120. The minimum atomic E-state index is -0.272. The van der Waals surface area contributed by atoms with Crippen LogP contribution >= 0.6 is 12.4 Å². The van der Waals surface area contributed by atoms with E-state index in [1.807, 2.05) is 24.3 Å². The Bertz CT molecular complexity index is 497. The Morgan fingerprint density at radius 1 is 1.21 bits per heavy atom. The van der Waals surface area contributed by atoms with Gasteiger partial charge in [0.05, 0.1) is 19.8 Å². The van der Waals surface area contributed by atoms with E-state index in [1.54, 1.807) is 0 Å². The first-order valence-corrected chi connectivity index (χ1v) is 8.66. The Morgan fingerprint density at radius 2 is 1.96 bits per heavy atom. The quantitative estimate of drug-likeness (QED) is 0.853. The largest absolute Gasteiger partial charge is 0.493 e. The number of halogens is 1. The predicted octanol–water partition coefficient (Wildman–Crippen LogP) is 2.99. The fourth-order valence-corrected chi connectivity index (χ4v) is 3.17. The molecule has 0 bridgehead atoms. The molecule has 1 saturated heterocycles. The summed E-state index contributed by atoms with van der Waals surface area (Å²) in [7, 11) is 0. The second-order valence-electron chi connectivity index (χ2n) is 6.41. The highest BCUT2D eigenvalue weighted by Crippen LogP contribution is 2.25. The van der Waals surface area contributed by atoms with E-state index in [4.69, 9.17) is 9.47 Å². The van der Waals surface area contributed by atoms with Crippen molar-refractivity contribution in [3.05, 3.63) is 24.3 Å². The van der Waals surface area contributed by atoms with Crippen LogP contribution in [0.3, 0.4) is 0 Å². The van der Waals surface area contributed by atoms with Crippen molar-refractivity contribution in [3.8, 4) is 5.75 Å². The maximum atomic E-state index is 12.1. The van der Waals surface area contributed by atoms with E-state index in [1.165, 1.54) is 32.1 Å². The lowest BCUT2D eigenvalue weighted by Gasteiger charge is -2.23. The van der Waals surface area contributed by atoms with Gasteiger partial charge in [0.1, 0.15) is 11.8 Å². The number of hydrogen-bond donors (Lipinski definition) is 2. The van der Waals surface area contributed by atoms with Gasteiger partial charge < -0.3 is 20.1 Å². The number of carbonyl (C=O) groups excluding carboxylic acids is 1. The van der Waals surface area contributed by atoms with Crippen LogP contribution in [-0.2, 0) is 9.53 Å². The highest BCUT2D eigenvalue weighted by Gasteiger charge is 2.21. The molecule has 2 N–H and O–H groups in total. The van der Waals surface area contributed by atoms with Gasteiger partial charge in [-0.15, -0.1) is 12.4 Å². The molecule has 1 aromatic carbocycles. The van der Waals surface area contributed by atoms with Crippen LogP contribution in [0.5, 0.6) is 5.75 Å². The topological polar surface area (TPSA) is 59.6 Å². The standard InChI is InChI=1S/C18H26N2O3.ClH/c21-18(17-13-22-11-10-19-17)20-15-6-8-16(9-7-15)23-12-14-4-2-1-3-5-14;/h6-9,14,17,19H,1-5,10-13H2,(H,20,21);1H. The minimum absolute atomic E-state index is 0. The first-order chi connectivity index (χ1) is 11.3. The van der Waals surface area contributed by atoms with Gasteiger partial charge >= 0.3 is 0 Å². The Morgan fingerprint density at radius 3 is 2.62 bits per heavy atom. The lowest BCUT2D eigenvalue weighted by Crippen LogP contribution is -2.48. The number of benzene rings is 1. The van der Waals surface area contributed by atoms with Crippen LogP contribution in [0.25, 0.3) is 0 Å². The Kier molecular flexibility index (Phi) is 7.82. The average Bonchev–Trinajstić information content (AvgIpc) is 2.63. The first-order valence-electron chi connectivity index (χ1n) is 8.66. The zero-order valence-electron chi connectivity index (χ0n) is 14.0. The fraction of sp³-hybridized carbons (Fsp3) is 0.611. The third-order valence-electron chi connectivity index (χ3n) is 4.57. The maximum absolute atomic E-state index is 12.1. The van der Waals surface area contributed by atoms with E-state index < -0.39 is 0 Å². The smallest absolute Gasteiger partial charge is 0.243 e. The van der Waals surface area contributed by atoms with E-state index >= 15 is 0 Å². The van der Waals surface area contributed by atoms with Crippen molar-refractivity contribution in [3.63, 3.8) is 0 Å². The Hall–Kier alpha value is -1.30. The van der Waals surface area contributed by atoms with Crippen LogP contribution in [0.1, 0.15) is 32.1 Å². The molecule has 1 unspecified atom stereocenters. The molecule has 1 atom stereocenters. The van der Waals surface area contributed by atoms with Crippen molar-refractivity contribution < 1.29 is 14.3 Å². The molecular formula is C18H27ClN2O3. The molecule has 1 saturated carbocycles. The molecule has 0 spiro atoms. The van der Waals surface area contributed by atoms with Gasteiger partial charge in [0.15, 0.2) is 0 Å². The number of nitrogens with one attached hydrogen (secondary N) is 2. The summed E-state index contributed by atoms with van der Waals surface area (Å²) in [6.07, 6.45) is 6.59. The van der Waals surface area contributed by atoms with E-state index in [-0.39, 0.29) is 24.4 Å². The number of rotatable bonds is 5. The number of hydrogen-bond acceptors (Lipinski definition) is 4. The van der Waals surface area contributed by atoms with Crippen molar-refractivity contribution in [2.24, 2.45) is 5.92 Å². The van der Waals surface area contributed by atoms with Gasteiger partial charge in [-0.05, 0) is 43.0 Å². The van der Waals surface area contributed by atoms with Crippen molar-refractivity contribution >= 4 is 24.0 Å². The minimum Gasteiger partial charge on any atom is -0.493 e. The molecule has 0 radical (unpaired) electrons. The van der Waals surface area contributed by atoms with Crippen LogP contribution in [0.4, 0.5) is 5.69 Å². The number of carbonyl (C=O) groups is 1. The molecule has 3 rings (SSSR count). The number of ether oxygens (including phenoxy) is 2. The Balaban J connectivity index is 0.00000208. The first kappa shape index (κ1) is 19.0. The third-order valence-corrected chi connectivity index (χ3v) is 4.57. The van der Waals surface area contributed by atoms with Gasteiger partial charge in [0.2, 0.25) is 5.91 Å². The van der Waals surface area contributed by atoms with Crippen molar-refractivity contribution in [2.75, 3.05) is 31.7 Å². The van der Waals surface area contributed by atoms with Crippen LogP contribution in [0.2, 0.25) is 0 Å².